The number of benzene rings is 3. The Bertz CT molecular complexity index is 1210. The number of rotatable bonds is 3. The maximum atomic E-state index is 12.4. The van der Waals surface area contributed by atoms with E-state index in [0.29, 0.717) is 37.0 Å². The lowest BCUT2D eigenvalue weighted by atomic mass is 10.0. The third-order valence-corrected chi connectivity index (χ3v) is 5.22. The van der Waals surface area contributed by atoms with E-state index < -0.39 is 10.9 Å². The molecule has 0 aliphatic rings. The fourth-order valence-corrected chi connectivity index (χ4v) is 3.73. The fourth-order valence-electron chi connectivity index (χ4n) is 2.64. The number of fused-ring (bicyclic) bond motifs is 1. The van der Waals surface area contributed by atoms with Gasteiger partial charge in [0.1, 0.15) is 5.75 Å². The van der Waals surface area contributed by atoms with E-state index in [1.165, 1.54) is 0 Å². The predicted octanol–water partition coefficient (Wildman–Crippen LogP) is 6.05. The van der Waals surface area contributed by atoms with Crippen LogP contribution in [0.3, 0.4) is 0 Å². The van der Waals surface area contributed by atoms with E-state index in [1.807, 2.05) is 6.07 Å². The van der Waals surface area contributed by atoms with Crippen molar-refractivity contribution in [2.45, 2.75) is 0 Å². The van der Waals surface area contributed by atoms with Crippen molar-refractivity contribution in [3.63, 3.8) is 0 Å². The van der Waals surface area contributed by atoms with Gasteiger partial charge < -0.3 is 9.15 Å². The molecule has 4 rings (SSSR count). The van der Waals surface area contributed by atoms with Gasteiger partial charge in [-0.3, -0.25) is 0 Å². The average molecular weight is 417 g/mol. The number of hydrogen-bond donors (Lipinski definition) is 0. The highest BCUT2D eigenvalue weighted by Crippen LogP contribution is 2.37. The van der Waals surface area contributed by atoms with Crippen molar-refractivity contribution in [1.29, 1.82) is 0 Å². The first-order valence-electron chi connectivity index (χ1n) is 7.81. The Morgan fingerprint density at radius 1 is 0.963 bits per heavy atom. The third-order valence-electron chi connectivity index (χ3n) is 3.86. The molecule has 4 nitrogen and oxygen atoms in total. The minimum absolute atomic E-state index is 0.286. The molecule has 1 aromatic heterocycles. The first-order valence-corrected chi connectivity index (χ1v) is 9.39. The predicted molar refractivity (Wildman–Crippen MR) is 107 cm³/mol. The van der Waals surface area contributed by atoms with Gasteiger partial charge in [0.15, 0.2) is 5.58 Å². The van der Waals surface area contributed by atoms with Gasteiger partial charge in [0.25, 0.3) is 0 Å². The van der Waals surface area contributed by atoms with Gasteiger partial charge in [-0.1, -0.05) is 52.7 Å². The zero-order valence-electron chi connectivity index (χ0n) is 13.6. The first-order chi connectivity index (χ1) is 13.0. The number of esters is 1. The normalized spacial score (nSPS) is 10.9. The number of ether oxygens (including phenoxy) is 1. The van der Waals surface area contributed by atoms with Gasteiger partial charge in [-0.05, 0) is 36.4 Å². The number of carbonyl (C=O) groups excluding carboxylic acids is 1. The second-order valence-corrected chi connectivity index (χ2v) is 7.45. The average Bonchev–Trinajstić information content (AvgIpc) is 3.02. The van der Waals surface area contributed by atoms with E-state index >= 15 is 0 Å². The van der Waals surface area contributed by atoms with Crippen molar-refractivity contribution in [3.05, 3.63) is 86.0 Å². The Morgan fingerprint density at radius 3 is 2.44 bits per heavy atom. The van der Waals surface area contributed by atoms with Crippen molar-refractivity contribution in [2.75, 3.05) is 0 Å². The smallest absolute Gasteiger partial charge is 0.396 e. The molecular weight excluding hydrogens is 407 g/mol. The van der Waals surface area contributed by atoms with Gasteiger partial charge >= 0.3 is 10.9 Å². The van der Waals surface area contributed by atoms with Gasteiger partial charge in [-0.25, -0.2) is 9.59 Å². The largest absolute Gasteiger partial charge is 0.423 e. The summed E-state index contributed by atoms with van der Waals surface area (Å²) >= 11 is 13.1. The summed E-state index contributed by atoms with van der Waals surface area (Å²) in [5.74, 6) is -0.249. The number of carbonyl (C=O) groups is 1. The molecule has 3 aromatic carbocycles. The summed E-state index contributed by atoms with van der Waals surface area (Å²) in [4.78, 5) is 23.7. The fraction of sp³-hybridized carbons (Fsp3) is 0. The van der Waals surface area contributed by atoms with E-state index in [-0.39, 0.29) is 5.75 Å². The van der Waals surface area contributed by atoms with Gasteiger partial charge in [0, 0.05) is 27.2 Å². The molecule has 0 aliphatic heterocycles. The highest BCUT2D eigenvalue weighted by atomic mass is 35.5. The van der Waals surface area contributed by atoms with Crippen molar-refractivity contribution in [2.24, 2.45) is 0 Å². The maximum Gasteiger partial charge on any atom is 0.396 e. The molecular formula is C20H10Cl2O4S. The second-order valence-electron chi connectivity index (χ2n) is 5.63. The highest BCUT2D eigenvalue weighted by Gasteiger charge is 2.17. The zero-order valence-corrected chi connectivity index (χ0v) is 15.9. The lowest BCUT2D eigenvalue weighted by molar-refractivity contribution is 0.0735. The zero-order chi connectivity index (χ0) is 19.0. The van der Waals surface area contributed by atoms with Gasteiger partial charge in [-0.2, -0.15) is 0 Å². The molecule has 4 aromatic rings. The van der Waals surface area contributed by atoms with E-state index in [9.17, 15) is 9.59 Å². The van der Waals surface area contributed by atoms with E-state index in [2.05, 4.69) is 0 Å². The number of hydrogen-bond acceptors (Lipinski definition) is 5. The topological polar surface area (TPSA) is 56.5 Å². The SMILES string of the molecule is O=C(Oc1cc(-c2ccccc2Cl)c2oc(=O)sc2c1)c1ccc(Cl)cc1. The van der Waals surface area contributed by atoms with Crippen LogP contribution in [0.5, 0.6) is 5.75 Å². The maximum absolute atomic E-state index is 12.4. The molecule has 0 bridgehead atoms. The molecule has 1 heterocycles. The highest BCUT2D eigenvalue weighted by molar-refractivity contribution is 7.16. The van der Waals surface area contributed by atoms with Crippen LogP contribution in [-0.2, 0) is 0 Å². The summed E-state index contributed by atoms with van der Waals surface area (Å²) in [5.41, 5.74) is 2.02. The monoisotopic (exact) mass is 416 g/mol. The molecule has 0 atom stereocenters. The van der Waals surface area contributed by atoms with Crippen molar-refractivity contribution >= 4 is 50.8 Å². The van der Waals surface area contributed by atoms with Crippen molar-refractivity contribution in [3.8, 4) is 16.9 Å². The molecule has 0 spiro atoms. The summed E-state index contributed by atoms with van der Waals surface area (Å²) in [6.07, 6.45) is 0. The van der Waals surface area contributed by atoms with Crippen LogP contribution in [0.2, 0.25) is 10.0 Å². The van der Waals surface area contributed by atoms with Gasteiger partial charge in [0.05, 0.1) is 10.3 Å². The van der Waals surface area contributed by atoms with E-state index in [4.69, 9.17) is 32.4 Å². The van der Waals surface area contributed by atoms with E-state index in [0.717, 1.165) is 11.3 Å². The first kappa shape index (κ1) is 17.8. The summed E-state index contributed by atoms with van der Waals surface area (Å²) in [5, 5.41) is 1.02. The van der Waals surface area contributed by atoms with Crippen LogP contribution < -0.4 is 9.68 Å². The van der Waals surface area contributed by atoms with Crippen molar-refractivity contribution in [1.82, 2.24) is 0 Å². The minimum atomic E-state index is -0.535. The Kier molecular flexibility index (Phi) is 4.74. The lowest BCUT2D eigenvalue weighted by Gasteiger charge is -2.09. The minimum Gasteiger partial charge on any atom is -0.423 e. The standard InChI is InChI=1S/C20H10Cl2O4S/c21-12-7-5-11(6-8-12)19(23)25-13-9-15(14-3-1-2-4-16(14)22)18-17(10-13)27-20(24)26-18/h1-10H. The van der Waals surface area contributed by atoms with Crippen LogP contribution >= 0.6 is 34.5 Å². The van der Waals surface area contributed by atoms with Gasteiger partial charge in [0.2, 0.25) is 0 Å². The van der Waals surface area contributed by atoms with Crippen LogP contribution in [-0.4, -0.2) is 5.97 Å². The second kappa shape index (κ2) is 7.19. The molecule has 134 valence electrons. The molecule has 0 amide bonds. The van der Waals surface area contributed by atoms with Crippen LogP contribution in [0.15, 0.2) is 69.9 Å². The summed E-state index contributed by atoms with van der Waals surface area (Å²) < 4.78 is 11.4. The molecule has 0 radical (unpaired) electrons. The molecule has 0 N–H and O–H groups in total. The Labute approximate surface area is 167 Å². The molecule has 27 heavy (non-hydrogen) atoms. The summed E-state index contributed by atoms with van der Waals surface area (Å²) in [6, 6.07) is 16.8. The van der Waals surface area contributed by atoms with Crippen LogP contribution in [0.4, 0.5) is 0 Å². The molecule has 0 saturated heterocycles. The van der Waals surface area contributed by atoms with Gasteiger partial charge in [-0.15, -0.1) is 0 Å². The molecule has 0 saturated carbocycles. The van der Waals surface area contributed by atoms with Crippen LogP contribution in [0, 0.1) is 0 Å². The summed E-state index contributed by atoms with van der Waals surface area (Å²) in [6.45, 7) is 0. The number of halogens is 2. The van der Waals surface area contributed by atoms with E-state index in [1.54, 1.807) is 54.6 Å². The van der Waals surface area contributed by atoms with Crippen molar-refractivity contribution < 1.29 is 13.9 Å². The Balaban J connectivity index is 1.80. The molecule has 0 aliphatic carbocycles. The summed E-state index contributed by atoms with van der Waals surface area (Å²) in [7, 11) is 0. The Morgan fingerprint density at radius 2 is 1.70 bits per heavy atom. The third kappa shape index (κ3) is 3.62. The Hall–Kier alpha value is -2.60. The molecule has 7 heteroatoms. The quantitative estimate of drug-likeness (QED) is 0.301. The molecule has 0 fully saturated rings. The van der Waals surface area contributed by atoms with Crippen LogP contribution in [0.1, 0.15) is 10.4 Å². The molecule has 0 unspecified atom stereocenters. The lowest BCUT2D eigenvalue weighted by Crippen LogP contribution is -2.08. The van der Waals surface area contributed by atoms with Crippen LogP contribution in [0.25, 0.3) is 21.4 Å².